The molecule has 0 aliphatic rings. The van der Waals surface area contributed by atoms with Gasteiger partial charge in [-0.15, -0.1) is 0 Å². The van der Waals surface area contributed by atoms with E-state index in [2.05, 4.69) is 16.0 Å². The van der Waals surface area contributed by atoms with E-state index in [0.717, 1.165) is 17.1 Å². The summed E-state index contributed by atoms with van der Waals surface area (Å²) >= 11 is 0. The van der Waals surface area contributed by atoms with Gasteiger partial charge in [-0.25, -0.2) is 0 Å². The van der Waals surface area contributed by atoms with Crippen molar-refractivity contribution in [2.24, 2.45) is 0 Å². The van der Waals surface area contributed by atoms with Crippen LogP contribution in [0.1, 0.15) is 17.1 Å². The van der Waals surface area contributed by atoms with Crippen molar-refractivity contribution < 1.29 is 0 Å². The fraction of sp³-hybridized carbons (Fsp3) is 0.273. The smallest absolute Gasteiger partial charge is 0.0472 e. The maximum absolute atomic E-state index is 4.42. The van der Waals surface area contributed by atoms with Crippen LogP contribution in [0.15, 0.2) is 18.3 Å². The van der Waals surface area contributed by atoms with Crippen molar-refractivity contribution in [1.82, 2.24) is 9.97 Å². The maximum Gasteiger partial charge on any atom is 0.0472 e. The van der Waals surface area contributed by atoms with Gasteiger partial charge in [-0.2, -0.15) is 0 Å². The Morgan fingerprint density at radius 1 is 1.08 bits per heavy atom. The molecule has 2 nitrogen and oxygen atoms in total. The molecule has 2 heteroatoms. The normalized spacial score (nSPS) is 10.7. The SMILES string of the molecule is Cc1cc2ccnc(C)c2c(C)n1. The van der Waals surface area contributed by atoms with Crippen molar-refractivity contribution in [2.45, 2.75) is 20.8 Å². The predicted molar refractivity (Wildman–Crippen MR) is 53.7 cm³/mol. The van der Waals surface area contributed by atoms with Crippen LogP contribution < -0.4 is 0 Å². The number of aryl methyl sites for hydroxylation is 3. The summed E-state index contributed by atoms with van der Waals surface area (Å²) in [4.78, 5) is 8.68. The third-order valence-electron chi connectivity index (χ3n) is 2.24. The number of aromatic nitrogens is 2. The average molecular weight is 172 g/mol. The van der Waals surface area contributed by atoms with Crippen LogP contribution in [0.25, 0.3) is 10.8 Å². The van der Waals surface area contributed by atoms with Gasteiger partial charge in [0.2, 0.25) is 0 Å². The van der Waals surface area contributed by atoms with Crippen LogP contribution in [0.3, 0.4) is 0 Å². The van der Waals surface area contributed by atoms with Gasteiger partial charge in [-0.3, -0.25) is 9.97 Å². The quantitative estimate of drug-likeness (QED) is 0.610. The molecule has 0 radical (unpaired) electrons. The van der Waals surface area contributed by atoms with Gasteiger partial charge in [0.1, 0.15) is 0 Å². The lowest BCUT2D eigenvalue weighted by molar-refractivity contribution is 1.13. The molecule has 0 aliphatic heterocycles. The number of nitrogens with zero attached hydrogens (tertiary/aromatic N) is 2. The molecule has 0 N–H and O–H groups in total. The van der Waals surface area contributed by atoms with Gasteiger partial charge in [0, 0.05) is 28.7 Å². The second kappa shape index (κ2) is 2.80. The standard InChI is InChI=1S/C11H12N2/c1-7-6-10-4-5-12-8(2)11(10)9(3)13-7/h4-6H,1-3H3. The van der Waals surface area contributed by atoms with Crippen LogP contribution in [0.2, 0.25) is 0 Å². The topological polar surface area (TPSA) is 25.8 Å². The molecule has 0 amide bonds. The summed E-state index contributed by atoms with van der Waals surface area (Å²) in [5, 5.41) is 2.42. The van der Waals surface area contributed by atoms with E-state index in [1.807, 2.05) is 33.0 Å². The van der Waals surface area contributed by atoms with E-state index in [9.17, 15) is 0 Å². The van der Waals surface area contributed by atoms with Gasteiger partial charge in [-0.1, -0.05) is 0 Å². The molecule has 0 atom stereocenters. The summed E-state index contributed by atoms with van der Waals surface area (Å²) in [6.07, 6.45) is 1.84. The molecule has 0 spiro atoms. The Kier molecular flexibility index (Phi) is 1.76. The minimum absolute atomic E-state index is 1.06. The number of hydrogen-bond donors (Lipinski definition) is 0. The van der Waals surface area contributed by atoms with Crippen LogP contribution in [0.4, 0.5) is 0 Å². The van der Waals surface area contributed by atoms with Crippen molar-refractivity contribution in [3.63, 3.8) is 0 Å². The molecule has 0 saturated heterocycles. The molecule has 2 heterocycles. The summed E-state index contributed by atoms with van der Waals surface area (Å²) in [7, 11) is 0. The number of rotatable bonds is 0. The molecule has 0 aromatic carbocycles. The first-order valence-corrected chi connectivity index (χ1v) is 4.38. The number of fused-ring (bicyclic) bond motifs is 1. The van der Waals surface area contributed by atoms with Crippen LogP contribution in [0.5, 0.6) is 0 Å². The molecule has 13 heavy (non-hydrogen) atoms. The highest BCUT2D eigenvalue weighted by Gasteiger charge is 2.02. The summed E-state index contributed by atoms with van der Waals surface area (Å²) in [6, 6.07) is 4.13. The second-order valence-corrected chi connectivity index (χ2v) is 3.34. The molecule has 0 aliphatic carbocycles. The Morgan fingerprint density at radius 2 is 1.85 bits per heavy atom. The fourth-order valence-electron chi connectivity index (χ4n) is 1.75. The minimum Gasteiger partial charge on any atom is -0.261 e. The van der Waals surface area contributed by atoms with Gasteiger partial charge in [0.25, 0.3) is 0 Å². The van der Waals surface area contributed by atoms with E-state index in [-0.39, 0.29) is 0 Å². The van der Waals surface area contributed by atoms with Crippen molar-refractivity contribution in [3.05, 3.63) is 35.4 Å². The third kappa shape index (κ3) is 1.28. The summed E-state index contributed by atoms with van der Waals surface area (Å²) < 4.78 is 0. The highest BCUT2D eigenvalue weighted by atomic mass is 14.7. The zero-order valence-electron chi connectivity index (χ0n) is 8.13. The predicted octanol–water partition coefficient (Wildman–Crippen LogP) is 2.56. The largest absolute Gasteiger partial charge is 0.261 e. The van der Waals surface area contributed by atoms with Gasteiger partial charge in [0.05, 0.1) is 0 Å². The Labute approximate surface area is 77.6 Å². The average Bonchev–Trinajstić information content (AvgIpc) is 2.02. The Balaban J connectivity index is 2.94. The highest BCUT2D eigenvalue weighted by Crippen LogP contribution is 2.19. The summed E-state index contributed by atoms with van der Waals surface area (Å²) in [5.41, 5.74) is 3.19. The third-order valence-corrected chi connectivity index (χ3v) is 2.24. The van der Waals surface area contributed by atoms with Gasteiger partial charge in [-0.05, 0) is 38.3 Å². The van der Waals surface area contributed by atoms with Crippen molar-refractivity contribution >= 4 is 10.8 Å². The molecule has 0 unspecified atom stereocenters. The molecule has 66 valence electrons. The first-order chi connectivity index (χ1) is 6.18. The monoisotopic (exact) mass is 172 g/mol. The van der Waals surface area contributed by atoms with Crippen molar-refractivity contribution in [3.8, 4) is 0 Å². The molecule has 2 rings (SSSR count). The summed E-state index contributed by atoms with van der Waals surface area (Å²) in [5.74, 6) is 0. The van der Waals surface area contributed by atoms with E-state index < -0.39 is 0 Å². The van der Waals surface area contributed by atoms with Gasteiger partial charge < -0.3 is 0 Å². The van der Waals surface area contributed by atoms with E-state index in [1.54, 1.807) is 0 Å². The first-order valence-electron chi connectivity index (χ1n) is 4.38. The van der Waals surface area contributed by atoms with Crippen molar-refractivity contribution in [2.75, 3.05) is 0 Å². The fourth-order valence-corrected chi connectivity index (χ4v) is 1.75. The highest BCUT2D eigenvalue weighted by molar-refractivity contribution is 5.86. The van der Waals surface area contributed by atoms with E-state index >= 15 is 0 Å². The lowest BCUT2D eigenvalue weighted by Gasteiger charge is -2.04. The van der Waals surface area contributed by atoms with Crippen LogP contribution in [0, 0.1) is 20.8 Å². The minimum atomic E-state index is 1.06. The van der Waals surface area contributed by atoms with Crippen LogP contribution >= 0.6 is 0 Å². The lowest BCUT2D eigenvalue weighted by Crippen LogP contribution is -1.92. The zero-order valence-corrected chi connectivity index (χ0v) is 8.13. The number of hydrogen-bond acceptors (Lipinski definition) is 2. The van der Waals surface area contributed by atoms with Gasteiger partial charge in [0.15, 0.2) is 0 Å². The number of pyridine rings is 2. The van der Waals surface area contributed by atoms with Crippen molar-refractivity contribution in [1.29, 1.82) is 0 Å². The molecule has 2 aromatic heterocycles. The zero-order chi connectivity index (χ0) is 9.42. The van der Waals surface area contributed by atoms with E-state index in [4.69, 9.17) is 0 Å². The van der Waals surface area contributed by atoms with Crippen LogP contribution in [-0.2, 0) is 0 Å². The second-order valence-electron chi connectivity index (χ2n) is 3.34. The maximum atomic E-state index is 4.42. The van der Waals surface area contributed by atoms with Gasteiger partial charge >= 0.3 is 0 Å². The van der Waals surface area contributed by atoms with Crippen LogP contribution in [-0.4, -0.2) is 9.97 Å². The Bertz CT molecular complexity index is 461. The molecule has 2 aromatic rings. The molecular weight excluding hydrogens is 160 g/mol. The lowest BCUT2D eigenvalue weighted by atomic mass is 10.1. The summed E-state index contributed by atoms with van der Waals surface area (Å²) in [6.45, 7) is 6.07. The Morgan fingerprint density at radius 3 is 2.62 bits per heavy atom. The Hall–Kier alpha value is -1.44. The molecule has 0 fully saturated rings. The van der Waals surface area contributed by atoms with E-state index in [1.165, 1.54) is 10.8 Å². The molecular formula is C11H12N2. The molecule has 0 saturated carbocycles. The van der Waals surface area contributed by atoms with E-state index in [0.29, 0.717) is 0 Å². The first kappa shape index (κ1) is 8.17. The molecule has 0 bridgehead atoms.